The normalized spacial score (nSPS) is 20.8. The van der Waals surface area contributed by atoms with Gasteiger partial charge in [-0.25, -0.2) is 0 Å². The molecule has 0 bridgehead atoms. The van der Waals surface area contributed by atoms with Crippen LogP contribution in [0.15, 0.2) is 18.2 Å². The fourth-order valence-electron chi connectivity index (χ4n) is 3.01. The van der Waals surface area contributed by atoms with Gasteiger partial charge < -0.3 is 15.1 Å². The van der Waals surface area contributed by atoms with Gasteiger partial charge in [-0.2, -0.15) is 0 Å². The van der Waals surface area contributed by atoms with Gasteiger partial charge in [0.15, 0.2) is 0 Å². The van der Waals surface area contributed by atoms with Crippen LogP contribution in [-0.4, -0.2) is 51.2 Å². The molecule has 0 amide bonds. The van der Waals surface area contributed by atoms with E-state index in [9.17, 15) is 0 Å². The van der Waals surface area contributed by atoms with Crippen LogP contribution >= 0.6 is 0 Å². The number of nitrogens with zero attached hydrogens (tertiary/aromatic N) is 2. The maximum absolute atomic E-state index is 3.28. The highest BCUT2D eigenvalue weighted by molar-refractivity contribution is 5.55. The smallest absolute Gasteiger partial charge is 0.0429 e. The van der Waals surface area contributed by atoms with E-state index in [4.69, 9.17) is 0 Å². The van der Waals surface area contributed by atoms with E-state index in [1.807, 2.05) is 7.05 Å². The second-order valence-corrected chi connectivity index (χ2v) is 5.79. The van der Waals surface area contributed by atoms with Gasteiger partial charge in [-0.1, -0.05) is 17.7 Å². The van der Waals surface area contributed by atoms with Crippen LogP contribution in [0.3, 0.4) is 0 Å². The van der Waals surface area contributed by atoms with Gasteiger partial charge in [0.1, 0.15) is 0 Å². The van der Waals surface area contributed by atoms with E-state index in [0.29, 0.717) is 6.04 Å². The quantitative estimate of drug-likeness (QED) is 0.895. The Balaban J connectivity index is 2.19. The number of benzene rings is 1. The average molecular weight is 261 g/mol. The molecule has 1 unspecified atom stereocenters. The first-order chi connectivity index (χ1) is 9.11. The van der Waals surface area contributed by atoms with Crippen molar-refractivity contribution in [1.82, 2.24) is 10.2 Å². The van der Waals surface area contributed by atoms with Crippen LogP contribution < -0.4 is 10.2 Å². The van der Waals surface area contributed by atoms with E-state index in [1.54, 1.807) is 0 Å². The van der Waals surface area contributed by atoms with Crippen molar-refractivity contribution in [3.05, 3.63) is 29.3 Å². The number of piperazine rings is 1. The van der Waals surface area contributed by atoms with Gasteiger partial charge in [-0.3, -0.25) is 0 Å². The molecule has 1 fully saturated rings. The SMILES string of the molecule is CNCCC1CN(C)CCN1c1ccc(C)cc1C. The Morgan fingerprint density at radius 1 is 1.26 bits per heavy atom. The summed E-state index contributed by atoms with van der Waals surface area (Å²) in [4.78, 5) is 5.05. The lowest BCUT2D eigenvalue weighted by Gasteiger charge is -2.42. The van der Waals surface area contributed by atoms with Gasteiger partial charge in [-0.05, 0) is 52.5 Å². The van der Waals surface area contributed by atoms with Crippen molar-refractivity contribution in [1.29, 1.82) is 0 Å². The molecule has 0 saturated carbocycles. The number of likely N-dealkylation sites (N-methyl/N-ethyl adjacent to an activating group) is 1. The number of nitrogens with one attached hydrogen (secondary N) is 1. The van der Waals surface area contributed by atoms with Crippen molar-refractivity contribution in [3.8, 4) is 0 Å². The van der Waals surface area contributed by atoms with Gasteiger partial charge in [0, 0.05) is 31.4 Å². The second-order valence-electron chi connectivity index (χ2n) is 5.79. The van der Waals surface area contributed by atoms with Gasteiger partial charge in [0.2, 0.25) is 0 Å². The Labute approximate surface area is 117 Å². The summed E-state index contributed by atoms with van der Waals surface area (Å²) in [7, 11) is 4.26. The van der Waals surface area contributed by atoms with Crippen LogP contribution in [0.5, 0.6) is 0 Å². The predicted octanol–water partition coefficient (Wildman–Crippen LogP) is 2.03. The molecule has 0 aromatic heterocycles. The second kappa shape index (κ2) is 6.40. The van der Waals surface area contributed by atoms with Crippen LogP contribution in [0.25, 0.3) is 0 Å². The number of aryl methyl sites for hydroxylation is 2. The third kappa shape index (κ3) is 3.48. The number of anilines is 1. The fourth-order valence-corrected chi connectivity index (χ4v) is 3.01. The molecule has 3 nitrogen and oxygen atoms in total. The molecule has 0 radical (unpaired) electrons. The molecule has 1 aliphatic rings. The first kappa shape index (κ1) is 14.4. The Kier molecular flexibility index (Phi) is 4.83. The molecule has 2 rings (SSSR count). The standard InChI is InChI=1S/C16H27N3/c1-13-5-6-16(14(2)11-13)19-10-9-18(4)12-15(19)7-8-17-3/h5-6,11,15,17H,7-10,12H2,1-4H3. The molecule has 1 aromatic carbocycles. The molecule has 0 spiro atoms. The molecule has 1 aliphatic heterocycles. The van der Waals surface area contributed by atoms with E-state index in [-0.39, 0.29) is 0 Å². The molecule has 1 saturated heterocycles. The minimum absolute atomic E-state index is 0.618. The summed E-state index contributed by atoms with van der Waals surface area (Å²) >= 11 is 0. The lowest BCUT2D eigenvalue weighted by molar-refractivity contribution is 0.260. The summed E-state index contributed by atoms with van der Waals surface area (Å²) in [5.74, 6) is 0. The Morgan fingerprint density at radius 3 is 2.74 bits per heavy atom. The fraction of sp³-hybridized carbons (Fsp3) is 0.625. The first-order valence-corrected chi connectivity index (χ1v) is 7.29. The van der Waals surface area contributed by atoms with E-state index in [2.05, 4.69) is 54.2 Å². The molecular weight excluding hydrogens is 234 g/mol. The first-order valence-electron chi connectivity index (χ1n) is 7.29. The lowest BCUT2D eigenvalue weighted by atomic mass is 10.0. The molecule has 19 heavy (non-hydrogen) atoms. The topological polar surface area (TPSA) is 18.5 Å². The van der Waals surface area contributed by atoms with Crippen molar-refractivity contribution < 1.29 is 0 Å². The highest BCUT2D eigenvalue weighted by Crippen LogP contribution is 2.26. The van der Waals surface area contributed by atoms with Crippen molar-refractivity contribution in [2.75, 3.05) is 45.2 Å². The van der Waals surface area contributed by atoms with Gasteiger partial charge in [0.25, 0.3) is 0 Å². The molecule has 1 N–H and O–H groups in total. The van der Waals surface area contributed by atoms with E-state index < -0.39 is 0 Å². The van der Waals surface area contributed by atoms with Crippen LogP contribution in [0, 0.1) is 13.8 Å². The number of rotatable bonds is 4. The monoisotopic (exact) mass is 261 g/mol. The zero-order valence-electron chi connectivity index (χ0n) is 12.7. The molecule has 3 heteroatoms. The third-order valence-electron chi connectivity index (χ3n) is 4.08. The highest BCUT2D eigenvalue weighted by Gasteiger charge is 2.25. The van der Waals surface area contributed by atoms with Crippen LogP contribution in [-0.2, 0) is 0 Å². The van der Waals surface area contributed by atoms with Gasteiger partial charge in [-0.15, -0.1) is 0 Å². The van der Waals surface area contributed by atoms with Crippen molar-refractivity contribution >= 4 is 5.69 Å². The Bertz CT molecular complexity index is 416. The largest absolute Gasteiger partial charge is 0.366 e. The van der Waals surface area contributed by atoms with Gasteiger partial charge in [0.05, 0.1) is 0 Å². The van der Waals surface area contributed by atoms with Gasteiger partial charge >= 0.3 is 0 Å². The van der Waals surface area contributed by atoms with Crippen molar-refractivity contribution in [3.63, 3.8) is 0 Å². The Hall–Kier alpha value is -1.06. The molecule has 106 valence electrons. The van der Waals surface area contributed by atoms with Crippen LogP contribution in [0.2, 0.25) is 0 Å². The lowest BCUT2D eigenvalue weighted by Crippen LogP contribution is -2.53. The minimum Gasteiger partial charge on any atom is -0.366 e. The average Bonchev–Trinajstić information content (AvgIpc) is 2.37. The Morgan fingerprint density at radius 2 is 2.05 bits per heavy atom. The molecular formula is C16H27N3. The molecule has 1 atom stereocenters. The molecule has 0 aliphatic carbocycles. The van der Waals surface area contributed by atoms with Crippen molar-refractivity contribution in [2.24, 2.45) is 0 Å². The summed E-state index contributed by atoms with van der Waals surface area (Å²) in [6, 6.07) is 7.44. The number of hydrogen-bond acceptors (Lipinski definition) is 3. The van der Waals surface area contributed by atoms with E-state index >= 15 is 0 Å². The van der Waals surface area contributed by atoms with E-state index in [0.717, 1.165) is 26.2 Å². The van der Waals surface area contributed by atoms with Crippen LogP contribution in [0.1, 0.15) is 17.5 Å². The van der Waals surface area contributed by atoms with E-state index in [1.165, 1.54) is 23.2 Å². The summed E-state index contributed by atoms with van der Waals surface area (Å²) < 4.78 is 0. The zero-order valence-corrected chi connectivity index (χ0v) is 12.7. The molecule has 1 heterocycles. The van der Waals surface area contributed by atoms with Crippen LogP contribution in [0.4, 0.5) is 5.69 Å². The summed E-state index contributed by atoms with van der Waals surface area (Å²) in [5, 5.41) is 3.28. The van der Waals surface area contributed by atoms with Crippen molar-refractivity contribution in [2.45, 2.75) is 26.3 Å². The summed E-state index contributed by atoms with van der Waals surface area (Å²) in [5.41, 5.74) is 4.17. The maximum Gasteiger partial charge on any atom is 0.0429 e. The minimum atomic E-state index is 0.618. The highest BCUT2D eigenvalue weighted by atomic mass is 15.3. The summed E-state index contributed by atoms with van der Waals surface area (Å²) in [6.07, 6.45) is 1.20. The molecule has 1 aromatic rings. The third-order valence-corrected chi connectivity index (χ3v) is 4.08. The zero-order chi connectivity index (χ0) is 13.8. The maximum atomic E-state index is 3.28. The summed E-state index contributed by atoms with van der Waals surface area (Å²) in [6.45, 7) is 8.93. The predicted molar refractivity (Wildman–Crippen MR) is 83.1 cm³/mol. The number of hydrogen-bond donors (Lipinski definition) is 1.